The number of nitrogens with zero attached hydrogens (tertiary/aromatic N) is 2. The van der Waals surface area contributed by atoms with Crippen LogP contribution in [0.2, 0.25) is 0 Å². The number of aliphatic hydroxyl groups is 4. The number of aliphatic hydroxyl groups excluding tert-OH is 4. The summed E-state index contributed by atoms with van der Waals surface area (Å²) in [6.45, 7) is 32.6. The van der Waals surface area contributed by atoms with Gasteiger partial charge in [0.1, 0.15) is 17.8 Å². The Labute approximate surface area is 530 Å². The van der Waals surface area contributed by atoms with Crippen LogP contribution in [0.15, 0.2) is 48.5 Å². The third-order valence-corrected chi connectivity index (χ3v) is 12.0. The van der Waals surface area contributed by atoms with Crippen molar-refractivity contribution in [1.29, 1.82) is 0 Å². The van der Waals surface area contributed by atoms with Crippen molar-refractivity contribution in [2.75, 3.05) is 116 Å². The Bertz CT molecular complexity index is 2310. The zero-order valence-electron chi connectivity index (χ0n) is 53.7. The van der Waals surface area contributed by atoms with Crippen molar-refractivity contribution in [3.8, 4) is 24.7 Å². The Balaban J connectivity index is 0. The molecule has 20 nitrogen and oxygen atoms in total. The number of alkyl carbamates (subject to hydrolysis) is 2. The number of hydrogen-bond donors (Lipinski definition) is 6. The third-order valence-electron chi connectivity index (χ3n) is 11.2. The van der Waals surface area contributed by atoms with Gasteiger partial charge >= 0.3 is 12.2 Å². The summed E-state index contributed by atoms with van der Waals surface area (Å²) in [5, 5.41) is 41.8. The van der Waals surface area contributed by atoms with E-state index < -0.39 is 23.4 Å². The molecule has 0 saturated carbocycles. The van der Waals surface area contributed by atoms with E-state index in [4.69, 9.17) is 61.7 Å². The number of benzene rings is 2. The topological polar surface area (TPSA) is 269 Å². The van der Waals surface area contributed by atoms with Gasteiger partial charge in [-0.1, -0.05) is 123 Å². The van der Waals surface area contributed by atoms with Gasteiger partial charge in [0.05, 0.1) is 80.4 Å². The second kappa shape index (κ2) is 43.6. The fraction of sp³-hybridized carbons (Fsp3) is 0.656. The number of rotatable bonds is 28. The zero-order chi connectivity index (χ0) is 66.2. The summed E-state index contributed by atoms with van der Waals surface area (Å²) in [7, 11) is 0. The van der Waals surface area contributed by atoms with Crippen molar-refractivity contribution in [1.82, 2.24) is 20.4 Å². The van der Waals surface area contributed by atoms with Gasteiger partial charge in [-0.2, -0.15) is 0 Å². The number of hydrogen-bond acceptors (Lipinski definition) is 16. The highest BCUT2D eigenvalue weighted by molar-refractivity contribution is 9.09. The molecule has 2 aliphatic heterocycles. The summed E-state index contributed by atoms with van der Waals surface area (Å²) < 4.78 is 32.0. The molecule has 6 amide bonds. The van der Waals surface area contributed by atoms with Crippen LogP contribution in [0, 0.1) is 46.3 Å². The summed E-state index contributed by atoms with van der Waals surface area (Å²) in [5.41, 5.74) is 0.210. The lowest BCUT2D eigenvalue weighted by atomic mass is 9.96. The summed E-state index contributed by atoms with van der Waals surface area (Å²) in [6.07, 6.45) is 11.9. The van der Waals surface area contributed by atoms with Crippen molar-refractivity contribution in [3.63, 3.8) is 0 Å². The van der Waals surface area contributed by atoms with Crippen LogP contribution in [0.1, 0.15) is 164 Å². The minimum atomic E-state index is -0.469. The predicted molar refractivity (Wildman–Crippen MR) is 343 cm³/mol. The van der Waals surface area contributed by atoms with E-state index in [1.165, 1.54) is 9.80 Å². The van der Waals surface area contributed by atoms with Crippen LogP contribution >= 0.6 is 31.9 Å². The van der Waals surface area contributed by atoms with Crippen molar-refractivity contribution in [3.05, 3.63) is 70.8 Å². The Morgan fingerprint density at radius 2 is 0.779 bits per heavy atom. The minimum Gasteiger partial charge on any atom is -0.444 e. The smallest absolute Gasteiger partial charge is 0.407 e. The number of halogens is 2. The summed E-state index contributed by atoms with van der Waals surface area (Å²) in [5.74, 6) is 3.98. The number of nitrogens with one attached hydrogen (secondary N) is 2. The molecule has 86 heavy (non-hydrogen) atoms. The highest BCUT2D eigenvalue weighted by Gasteiger charge is 2.35. The Hall–Kier alpha value is -4.98. The highest BCUT2D eigenvalue weighted by atomic mass is 79.9. The molecular weight excluding hydrogens is 1240 g/mol. The van der Waals surface area contributed by atoms with Gasteiger partial charge in [-0.25, -0.2) is 9.59 Å². The van der Waals surface area contributed by atoms with Crippen LogP contribution in [0.4, 0.5) is 9.59 Å². The first-order valence-corrected chi connectivity index (χ1v) is 30.9. The number of carbonyl (C=O) groups excluding carboxylic acids is 6. The fourth-order valence-electron chi connectivity index (χ4n) is 6.40. The molecule has 0 radical (unpaired) electrons. The Morgan fingerprint density at radius 1 is 0.477 bits per heavy atom. The molecule has 4 rings (SSSR count). The minimum absolute atomic E-state index is 0.0451. The molecular formula is C64H102Br2N4O16. The molecule has 2 aromatic carbocycles. The van der Waals surface area contributed by atoms with Crippen LogP contribution in [-0.2, 0) is 28.4 Å². The van der Waals surface area contributed by atoms with Crippen LogP contribution in [0.3, 0.4) is 0 Å². The van der Waals surface area contributed by atoms with E-state index in [9.17, 15) is 28.8 Å². The normalized spacial score (nSPS) is 12.8. The van der Waals surface area contributed by atoms with Gasteiger partial charge in [0.2, 0.25) is 0 Å². The maximum atomic E-state index is 12.1. The number of fused-ring (bicyclic) bond motifs is 2. The molecule has 2 heterocycles. The molecule has 488 valence electrons. The van der Waals surface area contributed by atoms with Gasteiger partial charge in [0.25, 0.3) is 23.6 Å². The van der Waals surface area contributed by atoms with Crippen LogP contribution in [-0.4, -0.2) is 193 Å². The van der Waals surface area contributed by atoms with Gasteiger partial charge < -0.3 is 59.5 Å². The Kier molecular flexibility index (Phi) is 42.1. The lowest BCUT2D eigenvalue weighted by molar-refractivity contribution is 0.00440. The van der Waals surface area contributed by atoms with Gasteiger partial charge in [-0.15, -0.1) is 12.8 Å². The number of alkyl halides is 2. The number of imide groups is 2. The fourth-order valence-corrected chi connectivity index (χ4v) is 6.65. The van der Waals surface area contributed by atoms with E-state index in [0.717, 1.165) is 24.6 Å². The molecule has 2 aliphatic rings. The van der Waals surface area contributed by atoms with Crippen molar-refractivity contribution >= 4 is 67.7 Å². The van der Waals surface area contributed by atoms with Crippen molar-refractivity contribution in [2.45, 2.75) is 134 Å². The van der Waals surface area contributed by atoms with E-state index >= 15 is 0 Å². The first-order chi connectivity index (χ1) is 40.1. The average Bonchev–Trinajstić information content (AvgIpc) is 2.28. The monoisotopic (exact) mass is 1340 g/mol. The molecule has 0 spiro atoms. The highest BCUT2D eigenvalue weighted by Crippen LogP contribution is 2.24. The quantitative estimate of drug-likeness (QED) is 0.0200. The first-order valence-electron chi connectivity index (χ1n) is 28.7. The SMILES string of the molecule is C#CCBr.C#CCOCC(C)(C)COCCCNC(=O)OC(C)(C)C.CC(C)(CO)CO.CC(C)(CO)COCCCN1C(=O)c2ccccc2C1=O.CC(C)(CO)COCCCNC(=O)OC(C)(C)C.O=C1c2ccccc2C(=O)N1CCCBr. The molecule has 0 fully saturated rings. The van der Waals surface area contributed by atoms with Gasteiger partial charge in [-0.05, 0) is 91.5 Å². The molecule has 6 N–H and O–H groups in total. The lowest BCUT2D eigenvalue weighted by Gasteiger charge is -2.23. The molecule has 0 saturated heterocycles. The standard InChI is InChI=1S/C16H21NO4.C16H29NO4.C13H27NO4.C11H10BrNO2.C5H12O2.C3H3Br/c1-16(2,10-18)11-21-9-5-8-17-14(19)12-6-3-4-7-13(12)15(17)20;1-7-10-19-12-16(5,6)13-20-11-8-9-17-14(18)21-15(2,3)4;1-12(2,3)18-11(16)14-7-6-8-17-10-13(4,5)9-15;12-6-3-7-13-10(14)8-4-1-2-5-9(8)11(13)15;1-5(2,3-6)4-7;1-2-3-4/h3-4,6-7,18H,5,8-11H2,1-2H3;1H,8-13H2,2-6H3,(H,17,18);15H,6-10H2,1-5H3,(H,14,16);1-2,4-5H,3,6-7H2;6-7H,3-4H2,1-2H3;1H,3H2. The average molecular weight is 1340 g/mol. The number of amides is 6. The number of terminal acetylenes is 2. The maximum absolute atomic E-state index is 12.1. The predicted octanol–water partition coefficient (Wildman–Crippen LogP) is 9.32. The largest absolute Gasteiger partial charge is 0.444 e. The summed E-state index contributed by atoms with van der Waals surface area (Å²) in [4.78, 5) is 73.1. The second-order valence-electron chi connectivity index (χ2n) is 25.1. The van der Waals surface area contributed by atoms with E-state index in [2.05, 4.69) is 68.2 Å². The van der Waals surface area contributed by atoms with Crippen molar-refractivity contribution < 1.29 is 77.6 Å². The number of carbonyl (C=O) groups is 6. The lowest BCUT2D eigenvalue weighted by Crippen LogP contribution is -2.33. The summed E-state index contributed by atoms with van der Waals surface area (Å²) in [6, 6.07) is 13.8. The first kappa shape index (κ1) is 83.1. The summed E-state index contributed by atoms with van der Waals surface area (Å²) >= 11 is 6.29. The van der Waals surface area contributed by atoms with Crippen LogP contribution in [0.5, 0.6) is 0 Å². The molecule has 0 atom stereocenters. The van der Waals surface area contributed by atoms with Gasteiger partial charge in [0.15, 0.2) is 0 Å². The molecule has 0 unspecified atom stereocenters. The van der Waals surface area contributed by atoms with E-state index in [1.807, 2.05) is 69.2 Å². The van der Waals surface area contributed by atoms with Gasteiger partial charge in [-0.3, -0.25) is 29.0 Å². The van der Waals surface area contributed by atoms with E-state index in [-0.39, 0.29) is 71.7 Å². The molecule has 22 heteroatoms. The zero-order valence-corrected chi connectivity index (χ0v) is 56.8. The number of ether oxygens (including phenoxy) is 6. The van der Waals surface area contributed by atoms with E-state index in [0.29, 0.717) is 113 Å². The molecule has 0 aromatic heterocycles. The van der Waals surface area contributed by atoms with Crippen LogP contribution in [0.25, 0.3) is 0 Å². The Morgan fingerprint density at radius 3 is 1.06 bits per heavy atom. The molecule has 0 bridgehead atoms. The molecule has 0 aliphatic carbocycles. The van der Waals surface area contributed by atoms with E-state index in [1.54, 1.807) is 62.4 Å². The maximum Gasteiger partial charge on any atom is 0.407 e. The second-order valence-corrected chi connectivity index (χ2v) is 26.4. The van der Waals surface area contributed by atoms with Crippen LogP contribution < -0.4 is 10.6 Å². The van der Waals surface area contributed by atoms with Gasteiger partial charge in [0, 0.05) is 73.0 Å². The van der Waals surface area contributed by atoms with Crippen molar-refractivity contribution in [2.24, 2.45) is 21.7 Å². The third kappa shape index (κ3) is 39.0. The molecule has 2 aromatic rings.